The van der Waals surface area contributed by atoms with Gasteiger partial charge in [0.2, 0.25) is 5.91 Å². The van der Waals surface area contributed by atoms with Crippen LogP contribution in [0.5, 0.6) is 0 Å². The van der Waals surface area contributed by atoms with Gasteiger partial charge in [0.15, 0.2) is 5.82 Å². The Morgan fingerprint density at radius 2 is 2.23 bits per heavy atom. The normalized spacial score (nSPS) is 23.6. The minimum atomic E-state index is 0.0652. The lowest BCUT2D eigenvalue weighted by molar-refractivity contribution is -0.119. The highest BCUT2D eigenvalue weighted by atomic mass is 16.5. The first kappa shape index (κ1) is 15.4. The van der Waals surface area contributed by atoms with E-state index < -0.39 is 0 Å². The first-order chi connectivity index (χ1) is 10.7. The van der Waals surface area contributed by atoms with Gasteiger partial charge in [-0.25, -0.2) is 9.97 Å². The standard InChI is InChI=1S/C16H24N4O2/c1-12(21)18-13-5-8-20(9-6-13)11-14-4-7-17-16(19-14)15-3-2-10-22-15/h4,7,13,15H,2-3,5-6,8-11H2,1H3,(H,18,21)/t15-/m1/s1. The Morgan fingerprint density at radius 1 is 1.41 bits per heavy atom. The lowest BCUT2D eigenvalue weighted by Crippen LogP contribution is -2.43. The summed E-state index contributed by atoms with van der Waals surface area (Å²) in [6.45, 7) is 5.22. The van der Waals surface area contributed by atoms with E-state index in [1.807, 2.05) is 12.3 Å². The first-order valence-corrected chi connectivity index (χ1v) is 8.13. The van der Waals surface area contributed by atoms with E-state index in [0.717, 1.165) is 63.4 Å². The fraction of sp³-hybridized carbons (Fsp3) is 0.688. The van der Waals surface area contributed by atoms with Crippen molar-refractivity contribution in [2.45, 2.75) is 51.3 Å². The largest absolute Gasteiger partial charge is 0.370 e. The van der Waals surface area contributed by atoms with E-state index in [1.165, 1.54) is 0 Å². The molecule has 2 aliphatic heterocycles. The molecule has 2 aliphatic rings. The van der Waals surface area contributed by atoms with Crippen LogP contribution in [-0.2, 0) is 16.1 Å². The Kier molecular flexibility index (Phi) is 5.00. The minimum absolute atomic E-state index is 0.0652. The number of ether oxygens (including phenoxy) is 1. The molecule has 0 aromatic carbocycles. The second kappa shape index (κ2) is 7.15. The molecule has 6 heteroatoms. The number of amides is 1. The molecule has 1 aromatic heterocycles. The van der Waals surface area contributed by atoms with Crippen LogP contribution in [0.15, 0.2) is 12.3 Å². The van der Waals surface area contributed by atoms with Crippen molar-refractivity contribution in [1.29, 1.82) is 0 Å². The van der Waals surface area contributed by atoms with Crippen LogP contribution in [0.25, 0.3) is 0 Å². The number of likely N-dealkylation sites (tertiary alicyclic amines) is 1. The Balaban J connectivity index is 1.53. The molecule has 0 unspecified atom stereocenters. The topological polar surface area (TPSA) is 67.4 Å². The predicted octanol–water partition coefficient (Wildman–Crippen LogP) is 1.43. The number of hydrogen-bond acceptors (Lipinski definition) is 5. The molecule has 0 saturated carbocycles. The Morgan fingerprint density at radius 3 is 2.91 bits per heavy atom. The summed E-state index contributed by atoms with van der Waals surface area (Å²) in [7, 11) is 0. The number of nitrogens with zero attached hydrogens (tertiary/aromatic N) is 3. The van der Waals surface area contributed by atoms with Gasteiger partial charge in [-0.1, -0.05) is 0 Å². The van der Waals surface area contributed by atoms with Crippen LogP contribution in [-0.4, -0.2) is 46.5 Å². The Labute approximate surface area is 131 Å². The van der Waals surface area contributed by atoms with E-state index in [0.29, 0.717) is 6.04 Å². The summed E-state index contributed by atoms with van der Waals surface area (Å²) >= 11 is 0. The quantitative estimate of drug-likeness (QED) is 0.911. The number of piperidine rings is 1. The molecule has 1 aromatic rings. The van der Waals surface area contributed by atoms with Crippen molar-refractivity contribution in [2.75, 3.05) is 19.7 Å². The molecule has 0 aliphatic carbocycles. The highest BCUT2D eigenvalue weighted by Crippen LogP contribution is 2.25. The van der Waals surface area contributed by atoms with Crippen molar-refractivity contribution in [3.8, 4) is 0 Å². The zero-order chi connectivity index (χ0) is 15.4. The van der Waals surface area contributed by atoms with Gasteiger partial charge in [0, 0.05) is 45.4 Å². The third-order valence-electron chi connectivity index (χ3n) is 4.33. The summed E-state index contributed by atoms with van der Waals surface area (Å²) in [4.78, 5) is 22.5. The van der Waals surface area contributed by atoms with E-state index in [1.54, 1.807) is 6.92 Å². The van der Waals surface area contributed by atoms with E-state index in [-0.39, 0.29) is 12.0 Å². The summed E-state index contributed by atoms with van der Waals surface area (Å²) in [5, 5.41) is 3.00. The SMILES string of the molecule is CC(=O)NC1CCN(Cc2ccnc([C@H]3CCCO3)n2)CC1. The molecule has 120 valence electrons. The van der Waals surface area contributed by atoms with E-state index in [2.05, 4.69) is 20.2 Å². The van der Waals surface area contributed by atoms with Gasteiger partial charge in [-0.05, 0) is 31.7 Å². The molecule has 2 fully saturated rings. The second-order valence-electron chi connectivity index (χ2n) is 6.16. The number of carbonyl (C=O) groups excluding carboxylic acids is 1. The number of carbonyl (C=O) groups is 1. The van der Waals surface area contributed by atoms with Gasteiger partial charge < -0.3 is 10.1 Å². The van der Waals surface area contributed by atoms with E-state index in [4.69, 9.17) is 4.74 Å². The van der Waals surface area contributed by atoms with Gasteiger partial charge in [0.05, 0.1) is 5.69 Å². The van der Waals surface area contributed by atoms with Crippen molar-refractivity contribution >= 4 is 5.91 Å². The molecule has 3 rings (SSSR count). The fourth-order valence-electron chi connectivity index (χ4n) is 3.19. The maximum atomic E-state index is 11.1. The van der Waals surface area contributed by atoms with Gasteiger partial charge in [-0.3, -0.25) is 9.69 Å². The molecule has 0 radical (unpaired) electrons. The zero-order valence-electron chi connectivity index (χ0n) is 13.1. The van der Waals surface area contributed by atoms with Crippen LogP contribution >= 0.6 is 0 Å². The van der Waals surface area contributed by atoms with Crippen LogP contribution in [0.3, 0.4) is 0 Å². The molecule has 6 nitrogen and oxygen atoms in total. The lowest BCUT2D eigenvalue weighted by atomic mass is 10.0. The lowest BCUT2D eigenvalue weighted by Gasteiger charge is -2.31. The summed E-state index contributed by atoms with van der Waals surface area (Å²) in [5.74, 6) is 0.888. The van der Waals surface area contributed by atoms with Gasteiger partial charge in [-0.15, -0.1) is 0 Å². The molecule has 0 spiro atoms. The van der Waals surface area contributed by atoms with Crippen LogP contribution in [0, 0.1) is 0 Å². The second-order valence-corrected chi connectivity index (χ2v) is 6.16. The first-order valence-electron chi connectivity index (χ1n) is 8.13. The highest BCUT2D eigenvalue weighted by Gasteiger charge is 2.22. The molecule has 22 heavy (non-hydrogen) atoms. The molecule has 2 saturated heterocycles. The van der Waals surface area contributed by atoms with Crippen LogP contribution in [0.2, 0.25) is 0 Å². The van der Waals surface area contributed by atoms with Gasteiger partial charge in [0.25, 0.3) is 0 Å². The van der Waals surface area contributed by atoms with Crippen molar-refractivity contribution in [3.05, 3.63) is 23.8 Å². The highest BCUT2D eigenvalue weighted by molar-refractivity contribution is 5.73. The maximum Gasteiger partial charge on any atom is 0.217 e. The summed E-state index contributed by atoms with van der Waals surface area (Å²) < 4.78 is 5.66. The minimum Gasteiger partial charge on any atom is -0.370 e. The van der Waals surface area contributed by atoms with Gasteiger partial charge >= 0.3 is 0 Å². The fourth-order valence-corrected chi connectivity index (χ4v) is 3.19. The van der Waals surface area contributed by atoms with Crippen molar-refractivity contribution in [1.82, 2.24) is 20.2 Å². The third-order valence-corrected chi connectivity index (χ3v) is 4.33. The smallest absolute Gasteiger partial charge is 0.217 e. The molecule has 0 bridgehead atoms. The Bertz CT molecular complexity index is 509. The van der Waals surface area contributed by atoms with Crippen LogP contribution in [0.1, 0.15) is 50.2 Å². The Hall–Kier alpha value is -1.53. The molecule has 3 heterocycles. The monoisotopic (exact) mass is 304 g/mol. The van der Waals surface area contributed by atoms with Gasteiger partial charge in [-0.2, -0.15) is 0 Å². The van der Waals surface area contributed by atoms with Gasteiger partial charge in [0.1, 0.15) is 6.10 Å². The zero-order valence-corrected chi connectivity index (χ0v) is 13.1. The summed E-state index contributed by atoms with van der Waals surface area (Å²) in [5.41, 5.74) is 1.05. The van der Waals surface area contributed by atoms with Crippen LogP contribution in [0.4, 0.5) is 0 Å². The predicted molar refractivity (Wildman–Crippen MR) is 82.1 cm³/mol. The molecule has 1 atom stereocenters. The molecular formula is C16H24N4O2. The third kappa shape index (κ3) is 4.01. The summed E-state index contributed by atoms with van der Waals surface area (Å²) in [6, 6.07) is 2.31. The summed E-state index contributed by atoms with van der Waals surface area (Å²) in [6.07, 6.45) is 6.03. The molecule has 1 N–H and O–H groups in total. The van der Waals surface area contributed by atoms with E-state index >= 15 is 0 Å². The number of aromatic nitrogens is 2. The molecule has 1 amide bonds. The van der Waals surface area contributed by atoms with Crippen molar-refractivity contribution in [2.24, 2.45) is 0 Å². The number of nitrogens with one attached hydrogen (secondary N) is 1. The maximum absolute atomic E-state index is 11.1. The average molecular weight is 304 g/mol. The average Bonchev–Trinajstić information content (AvgIpc) is 3.03. The molecular weight excluding hydrogens is 280 g/mol. The van der Waals surface area contributed by atoms with Crippen LogP contribution < -0.4 is 5.32 Å². The van der Waals surface area contributed by atoms with Crippen molar-refractivity contribution < 1.29 is 9.53 Å². The van der Waals surface area contributed by atoms with E-state index in [9.17, 15) is 4.79 Å². The van der Waals surface area contributed by atoms with Crippen molar-refractivity contribution in [3.63, 3.8) is 0 Å². The number of hydrogen-bond donors (Lipinski definition) is 1. The number of rotatable bonds is 4.